The van der Waals surface area contributed by atoms with Crippen LogP contribution in [-0.2, 0) is 22.2 Å². The van der Waals surface area contributed by atoms with Gasteiger partial charge in [-0.15, -0.1) is 0 Å². The lowest BCUT2D eigenvalue weighted by Gasteiger charge is -2.26. The van der Waals surface area contributed by atoms with E-state index < -0.39 is 41.6 Å². The van der Waals surface area contributed by atoms with Crippen molar-refractivity contribution in [3.63, 3.8) is 0 Å². The van der Waals surface area contributed by atoms with Gasteiger partial charge < -0.3 is 10.4 Å². The Morgan fingerprint density at radius 2 is 1.62 bits per heavy atom. The first-order valence-corrected chi connectivity index (χ1v) is 9.63. The molecule has 0 aliphatic rings. The zero-order valence-electron chi connectivity index (χ0n) is 16.5. The van der Waals surface area contributed by atoms with Crippen LogP contribution in [0.15, 0.2) is 42.5 Å². The first-order valence-electron chi connectivity index (χ1n) is 9.25. The normalized spacial score (nSPS) is 14.0. The van der Waals surface area contributed by atoms with Gasteiger partial charge in [0.1, 0.15) is 0 Å². The van der Waals surface area contributed by atoms with Gasteiger partial charge in [0, 0.05) is 6.42 Å². The molecular weight excluding hydrogens is 464 g/mol. The van der Waals surface area contributed by atoms with E-state index in [4.69, 9.17) is 16.7 Å². The van der Waals surface area contributed by atoms with Crippen molar-refractivity contribution in [1.82, 2.24) is 0 Å². The van der Waals surface area contributed by atoms with Crippen LogP contribution in [0.1, 0.15) is 36.0 Å². The molecule has 0 saturated carbocycles. The van der Waals surface area contributed by atoms with Crippen molar-refractivity contribution >= 4 is 29.2 Å². The lowest BCUT2D eigenvalue weighted by atomic mass is 9.85. The lowest BCUT2D eigenvalue weighted by Crippen LogP contribution is -2.34. The number of alkyl halides is 6. The second-order valence-corrected chi connectivity index (χ2v) is 7.53. The number of rotatable bonds is 7. The fourth-order valence-electron chi connectivity index (χ4n) is 3.02. The van der Waals surface area contributed by atoms with Crippen molar-refractivity contribution < 1.29 is 41.0 Å². The molecule has 2 N–H and O–H groups in total. The van der Waals surface area contributed by atoms with Crippen LogP contribution in [0.2, 0.25) is 5.02 Å². The maximum atomic E-state index is 13.4. The quantitative estimate of drug-likeness (QED) is 0.456. The third-order valence-corrected chi connectivity index (χ3v) is 5.14. The number of carboxylic acid groups (broad SMARTS) is 1. The lowest BCUT2D eigenvalue weighted by molar-refractivity contribution is -0.178. The Hall–Kier alpha value is -2.75. The zero-order valence-corrected chi connectivity index (χ0v) is 17.3. The number of aryl methyl sites for hydroxylation is 1. The van der Waals surface area contributed by atoms with Gasteiger partial charge in [-0.1, -0.05) is 36.7 Å². The van der Waals surface area contributed by atoms with E-state index in [9.17, 15) is 35.9 Å². The molecule has 2 unspecified atom stereocenters. The first-order chi connectivity index (χ1) is 14.7. The summed E-state index contributed by atoms with van der Waals surface area (Å²) in [5.74, 6) is -6.25. The number of hydrogen-bond acceptors (Lipinski definition) is 2. The summed E-state index contributed by atoms with van der Waals surface area (Å²) in [6.45, 7) is 0.757. The highest BCUT2D eigenvalue weighted by Gasteiger charge is 2.45. The number of benzene rings is 2. The zero-order chi connectivity index (χ0) is 24.3. The maximum absolute atomic E-state index is 13.4. The predicted molar refractivity (Wildman–Crippen MR) is 105 cm³/mol. The molecule has 2 aromatic carbocycles. The largest absolute Gasteiger partial charge is 0.481 e. The minimum Gasteiger partial charge on any atom is -0.481 e. The molecule has 0 bridgehead atoms. The number of anilines is 1. The summed E-state index contributed by atoms with van der Waals surface area (Å²) in [5.41, 5.74) is -0.874. The van der Waals surface area contributed by atoms with Crippen LogP contribution in [0.5, 0.6) is 0 Å². The summed E-state index contributed by atoms with van der Waals surface area (Å²) < 4.78 is 78.7. The highest BCUT2D eigenvalue weighted by molar-refractivity contribution is 6.33. The Bertz CT molecular complexity index is 973. The third kappa shape index (κ3) is 6.62. The van der Waals surface area contributed by atoms with Crippen molar-refractivity contribution in [1.29, 1.82) is 0 Å². The van der Waals surface area contributed by atoms with Crippen LogP contribution >= 0.6 is 11.6 Å². The number of halogens is 7. The van der Waals surface area contributed by atoms with Gasteiger partial charge in [-0.25, -0.2) is 0 Å². The Labute approximate surface area is 184 Å². The van der Waals surface area contributed by atoms with Gasteiger partial charge in [-0.2, -0.15) is 26.3 Å². The average Bonchev–Trinajstić information content (AvgIpc) is 2.67. The van der Waals surface area contributed by atoms with Crippen molar-refractivity contribution in [3.05, 3.63) is 64.2 Å². The third-order valence-electron chi connectivity index (χ3n) is 4.81. The highest BCUT2D eigenvalue weighted by atomic mass is 35.5. The van der Waals surface area contributed by atoms with Gasteiger partial charge in [-0.3, -0.25) is 9.59 Å². The molecule has 1 amide bonds. The Morgan fingerprint density at radius 3 is 2.12 bits per heavy atom. The van der Waals surface area contributed by atoms with E-state index in [1.807, 2.05) is 0 Å². The Morgan fingerprint density at radius 1 is 1.03 bits per heavy atom. The van der Waals surface area contributed by atoms with Crippen molar-refractivity contribution in [3.8, 4) is 0 Å². The van der Waals surface area contributed by atoms with Crippen molar-refractivity contribution in [2.45, 2.75) is 38.0 Å². The molecule has 2 atom stereocenters. The van der Waals surface area contributed by atoms with Gasteiger partial charge >= 0.3 is 18.3 Å². The van der Waals surface area contributed by atoms with E-state index in [0.29, 0.717) is 17.7 Å². The number of carbonyl (C=O) groups excluding carboxylic acids is 1. The molecule has 0 radical (unpaired) electrons. The number of hydrogen-bond donors (Lipinski definition) is 2. The van der Waals surface area contributed by atoms with E-state index >= 15 is 0 Å². The molecule has 2 aromatic rings. The van der Waals surface area contributed by atoms with Gasteiger partial charge in [-0.05, 0) is 41.8 Å². The van der Waals surface area contributed by atoms with Crippen LogP contribution in [0.3, 0.4) is 0 Å². The molecule has 11 heteroatoms. The van der Waals surface area contributed by atoms with Gasteiger partial charge in [0.25, 0.3) is 0 Å². The van der Waals surface area contributed by atoms with Gasteiger partial charge in [0.05, 0.1) is 28.1 Å². The molecule has 174 valence electrons. The maximum Gasteiger partial charge on any atom is 0.416 e. The summed E-state index contributed by atoms with van der Waals surface area (Å²) in [7, 11) is 0. The molecule has 0 fully saturated rings. The van der Waals surface area contributed by atoms with Crippen LogP contribution < -0.4 is 5.32 Å². The van der Waals surface area contributed by atoms with E-state index in [1.165, 1.54) is 18.2 Å². The molecule has 0 saturated heterocycles. The number of nitrogens with one attached hydrogen (secondary N) is 1. The molecule has 0 spiro atoms. The molecule has 32 heavy (non-hydrogen) atoms. The minimum absolute atomic E-state index is 0.00301. The van der Waals surface area contributed by atoms with E-state index in [2.05, 4.69) is 5.32 Å². The number of carboxylic acids is 1. The van der Waals surface area contributed by atoms with E-state index in [1.54, 1.807) is 0 Å². The number of carbonyl (C=O) groups is 2. The van der Waals surface area contributed by atoms with Crippen LogP contribution in [0, 0.1) is 5.92 Å². The average molecular weight is 482 g/mol. The van der Waals surface area contributed by atoms with Crippen LogP contribution in [0.25, 0.3) is 0 Å². The second kappa shape index (κ2) is 9.81. The number of aliphatic carboxylic acids is 1. The standard InChI is InChI=1S/C21H18ClF6NO3/c1-11(20(23,24)25)18(13-4-6-14(7-5-13)21(26,27)28)19(32)29-16-10-12(2-8-15(16)22)3-9-17(30)31/h2,4-8,10-11,18H,3,9H2,1H3,(H,29,32)(H,30,31). The van der Waals surface area contributed by atoms with Crippen molar-refractivity contribution in [2.24, 2.45) is 5.92 Å². The summed E-state index contributed by atoms with van der Waals surface area (Å²) in [6.07, 6.45) is -9.61. The van der Waals surface area contributed by atoms with Crippen molar-refractivity contribution in [2.75, 3.05) is 5.32 Å². The highest BCUT2D eigenvalue weighted by Crippen LogP contribution is 2.39. The molecule has 4 nitrogen and oxygen atoms in total. The minimum atomic E-state index is -4.81. The molecular formula is C21H18ClF6NO3. The van der Waals surface area contributed by atoms with Crippen LogP contribution in [-0.4, -0.2) is 23.2 Å². The fourth-order valence-corrected chi connectivity index (χ4v) is 3.19. The summed E-state index contributed by atoms with van der Waals surface area (Å²) in [5, 5.41) is 11.1. The summed E-state index contributed by atoms with van der Waals surface area (Å²) >= 11 is 6.02. The molecule has 2 rings (SSSR count). The predicted octanol–water partition coefficient (Wildman–Crippen LogP) is 6.30. The number of amides is 1. The van der Waals surface area contributed by atoms with E-state index in [-0.39, 0.29) is 29.1 Å². The Kier molecular flexibility index (Phi) is 7.82. The van der Waals surface area contributed by atoms with E-state index in [0.717, 1.165) is 19.1 Å². The molecule has 0 heterocycles. The van der Waals surface area contributed by atoms with Crippen LogP contribution in [0.4, 0.5) is 32.0 Å². The topological polar surface area (TPSA) is 66.4 Å². The smallest absolute Gasteiger partial charge is 0.416 e. The summed E-state index contributed by atoms with van der Waals surface area (Å²) in [4.78, 5) is 23.6. The fraction of sp³-hybridized carbons (Fsp3) is 0.333. The molecule has 0 aliphatic carbocycles. The SMILES string of the molecule is CC(C(C(=O)Nc1cc(CCC(=O)O)ccc1Cl)c1ccc(C(F)(F)F)cc1)C(F)(F)F. The molecule has 0 aliphatic heterocycles. The molecule has 0 aromatic heterocycles. The first kappa shape index (κ1) is 25.5. The summed E-state index contributed by atoms with van der Waals surface area (Å²) in [6, 6.07) is 7.09. The van der Waals surface area contributed by atoms with Gasteiger partial charge in [0.15, 0.2) is 0 Å². The monoisotopic (exact) mass is 481 g/mol. The van der Waals surface area contributed by atoms with Gasteiger partial charge in [0.2, 0.25) is 5.91 Å². The Balaban J connectivity index is 2.38. The second-order valence-electron chi connectivity index (χ2n) is 7.12.